The van der Waals surface area contributed by atoms with Gasteiger partial charge in [-0.25, -0.2) is 4.98 Å². The quantitative estimate of drug-likeness (QED) is 0.868. The average molecular weight is 285 g/mol. The van der Waals surface area contributed by atoms with Crippen molar-refractivity contribution in [3.05, 3.63) is 51.5 Å². The van der Waals surface area contributed by atoms with E-state index in [4.69, 9.17) is 5.26 Å². The summed E-state index contributed by atoms with van der Waals surface area (Å²) in [5, 5.41) is 9.84. The van der Waals surface area contributed by atoms with Gasteiger partial charge in [0.25, 0.3) is 5.91 Å². The van der Waals surface area contributed by atoms with Crippen LogP contribution in [0, 0.1) is 11.3 Å². The van der Waals surface area contributed by atoms with E-state index in [1.165, 1.54) is 11.3 Å². The number of nitrogens with zero attached hydrogens (tertiary/aromatic N) is 3. The first-order valence-corrected chi connectivity index (χ1v) is 7.15. The highest BCUT2D eigenvalue weighted by atomic mass is 32.1. The average Bonchev–Trinajstić information content (AvgIpc) is 2.95. The fourth-order valence-electron chi connectivity index (χ4n) is 1.85. The number of aryl methyl sites for hydroxylation is 1. The minimum absolute atomic E-state index is 0.0374. The standard InChI is InChI=1S/C15H15N3OS/c1-3-14-17-9-13(20-14)15(19)18(2)10-12-6-4-5-11(7-12)8-16/h4-7,9H,3,10H2,1-2H3. The third kappa shape index (κ3) is 3.22. The molecule has 102 valence electrons. The Morgan fingerprint density at radius 1 is 1.50 bits per heavy atom. The van der Waals surface area contributed by atoms with Gasteiger partial charge in [0.05, 0.1) is 22.8 Å². The molecule has 2 aromatic rings. The molecule has 0 saturated heterocycles. The van der Waals surface area contributed by atoms with Crippen LogP contribution in [0.3, 0.4) is 0 Å². The van der Waals surface area contributed by atoms with Crippen molar-refractivity contribution < 1.29 is 4.79 Å². The number of carbonyl (C=O) groups is 1. The fourth-order valence-corrected chi connectivity index (χ4v) is 2.70. The van der Waals surface area contributed by atoms with Crippen LogP contribution >= 0.6 is 11.3 Å². The molecule has 0 aliphatic rings. The molecule has 1 heterocycles. The highest BCUT2D eigenvalue weighted by Crippen LogP contribution is 2.16. The molecule has 1 aromatic carbocycles. The lowest BCUT2D eigenvalue weighted by molar-refractivity contribution is 0.0789. The number of carbonyl (C=O) groups excluding carboxylic acids is 1. The van der Waals surface area contributed by atoms with Crippen LogP contribution in [0.15, 0.2) is 30.5 Å². The maximum absolute atomic E-state index is 12.3. The zero-order valence-corrected chi connectivity index (χ0v) is 12.3. The minimum Gasteiger partial charge on any atom is -0.337 e. The van der Waals surface area contributed by atoms with Gasteiger partial charge in [-0.05, 0) is 24.1 Å². The molecule has 0 fully saturated rings. The molecule has 0 N–H and O–H groups in total. The smallest absolute Gasteiger partial charge is 0.265 e. The first-order valence-electron chi connectivity index (χ1n) is 6.33. The first-order chi connectivity index (χ1) is 9.63. The largest absolute Gasteiger partial charge is 0.337 e. The molecule has 4 nitrogen and oxygen atoms in total. The molecule has 0 aliphatic heterocycles. The van der Waals surface area contributed by atoms with E-state index in [1.54, 1.807) is 30.3 Å². The molecule has 5 heteroatoms. The number of rotatable bonds is 4. The van der Waals surface area contributed by atoms with Crippen LogP contribution in [-0.2, 0) is 13.0 Å². The van der Waals surface area contributed by atoms with Gasteiger partial charge in [-0.15, -0.1) is 11.3 Å². The van der Waals surface area contributed by atoms with Gasteiger partial charge in [0.1, 0.15) is 4.88 Å². The fraction of sp³-hybridized carbons (Fsp3) is 0.267. The summed E-state index contributed by atoms with van der Waals surface area (Å²) in [5.74, 6) is -0.0374. The van der Waals surface area contributed by atoms with Crippen LogP contribution in [0.2, 0.25) is 0 Å². The van der Waals surface area contributed by atoms with Crippen LogP contribution in [0.1, 0.15) is 32.7 Å². The Morgan fingerprint density at radius 2 is 2.30 bits per heavy atom. The van der Waals surface area contributed by atoms with Crippen LogP contribution < -0.4 is 0 Å². The monoisotopic (exact) mass is 285 g/mol. The molecule has 0 saturated carbocycles. The van der Waals surface area contributed by atoms with Gasteiger partial charge < -0.3 is 4.90 Å². The lowest BCUT2D eigenvalue weighted by Gasteiger charge is -2.16. The van der Waals surface area contributed by atoms with Crippen molar-refractivity contribution in [1.29, 1.82) is 5.26 Å². The van der Waals surface area contributed by atoms with E-state index in [0.717, 1.165) is 17.0 Å². The van der Waals surface area contributed by atoms with Crippen LogP contribution in [0.5, 0.6) is 0 Å². The molecule has 2 rings (SSSR count). The molecule has 0 aliphatic carbocycles. The highest BCUT2D eigenvalue weighted by molar-refractivity contribution is 7.13. The molecule has 0 atom stereocenters. The minimum atomic E-state index is -0.0374. The van der Waals surface area contributed by atoms with E-state index in [2.05, 4.69) is 11.1 Å². The molecule has 0 spiro atoms. The second-order valence-corrected chi connectivity index (χ2v) is 5.56. The molecule has 20 heavy (non-hydrogen) atoms. The van der Waals surface area contributed by atoms with Gasteiger partial charge in [-0.3, -0.25) is 4.79 Å². The summed E-state index contributed by atoms with van der Waals surface area (Å²) < 4.78 is 0. The summed E-state index contributed by atoms with van der Waals surface area (Å²) >= 11 is 1.43. The second kappa shape index (κ2) is 6.31. The van der Waals surface area contributed by atoms with Gasteiger partial charge in [0.2, 0.25) is 0 Å². The topological polar surface area (TPSA) is 57.0 Å². The van der Waals surface area contributed by atoms with E-state index >= 15 is 0 Å². The van der Waals surface area contributed by atoms with Crippen molar-refractivity contribution in [3.63, 3.8) is 0 Å². The van der Waals surface area contributed by atoms with Gasteiger partial charge >= 0.3 is 0 Å². The number of amides is 1. The summed E-state index contributed by atoms with van der Waals surface area (Å²) in [6.45, 7) is 2.50. The van der Waals surface area contributed by atoms with Crippen molar-refractivity contribution in [2.24, 2.45) is 0 Å². The van der Waals surface area contributed by atoms with Crippen LogP contribution in [-0.4, -0.2) is 22.8 Å². The Kier molecular flexibility index (Phi) is 4.49. The number of benzene rings is 1. The van der Waals surface area contributed by atoms with E-state index in [9.17, 15) is 4.79 Å². The van der Waals surface area contributed by atoms with Crippen molar-refractivity contribution in [2.45, 2.75) is 19.9 Å². The van der Waals surface area contributed by atoms with Gasteiger partial charge in [-0.1, -0.05) is 19.1 Å². The van der Waals surface area contributed by atoms with Crippen LogP contribution in [0.4, 0.5) is 0 Å². The zero-order chi connectivity index (χ0) is 14.5. The Bertz CT molecular complexity index is 657. The zero-order valence-electron chi connectivity index (χ0n) is 11.5. The van der Waals surface area contributed by atoms with Gasteiger partial charge in [0.15, 0.2) is 0 Å². The maximum Gasteiger partial charge on any atom is 0.265 e. The SMILES string of the molecule is CCc1ncc(C(=O)N(C)Cc2cccc(C#N)c2)s1. The summed E-state index contributed by atoms with van der Waals surface area (Å²) in [4.78, 5) is 18.8. The van der Waals surface area contributed by atoms with Crippen molar-refractivity contribution in [3.8, 4) is 6.07 Å². The molecule has 0 radical (unpaired) electrons. The van der Waals surface area contributed by atoms with Crippen LogP contribution in [0.25, 0.3) is 0 Å². The van der Waals surface area contributed by atoms with Gasteiger partial charge in [-0.2, -0.15) is 5.26 Å². The summed E-state index contributed by atoms with van der Waals surface area (Å²) in [6.07, 6.45) is 2.47. The van der Waals surface area contributed by atoms with Crippen molar-refractivity contribution in [1.82, 2.24) is 9.88 Å². The van der Waals surface area contributed by atoms with Gasteiger partial charge in [0, 0.05) is 13.6 Å². The third-order valence-corrected chi connectivity index (χ3v) is 4.02. The lowest BCUT2D eigenvalue weighted by atomic mass is 10.1. The normalized spacial score (nSPS) is 10.1. The number of thiazole rings is 1. The summed E-state index contributed by atoms with van der Waals surface area (Å²) in [5.41, 5.74) is 1.55. The summed E-state index contributed by atoms with van der Waals surface area (Å²) in [7, 11) is 1.76. The molecule has 0 unspecified atom stereocenters. The Balaban J connectivity index is 2.09. The number of aromatic nitrogens is 1. The number of hydrogen-bond donors (Lipinski definition) is 0. The number of hydrogen-bond acceptors (Lipinski definition) is 4. The van der Waals surface area contributed by atoms with E-state index < -0.39 is 0 Å². The Hall–Kier alpha value is -2.19. The molecular weight excluding hydrogens is 270 g/mol. The molecule has 1 aromatic heterocycles. The maximum atomic E-state index is 12.3. The van der Waals surface area contributed by atoms with E-state index in [1.807, 2.05) is 19.1 Å². The third-order valence-electron chi connectivity index (χ3n) is 2.89. The summed E-state index contributed by atoms with van der Waals surface area (Å²) in [6, 6.07) is 9.39. The molecular formula is C15H15N3OS. The van der Waals surface area contributed by atoms with Crippen molar-refractivity contribution >= 4 is 17.2 Å². The molecule has 1 amide bonds. The Morgan fingerprint density at radius 3 is 2.95 bits per heavy atom. The highest BCUT2D eigenvalue weighted by Gasteiger charge is 2.15. The predicted octanol–water partition coefficient (Wildman–Crippen LogP) is 2.85. The second-order valence-electron chi connectivity index (χ2n) is 4.45. The lowest BCUT2D eigenvalue weighted by Crippen LogP contribution is -2.25. The molecule has 0 bridgehead atoms. The predicted molar refractivity (Wildman–Crippen MR) is 78.4 cm³/mol. The first kappa shape index (κ1) is 14.2. The van der Waals surface area contributed by atoms with E-state index in [0.29, 0.717) is 17.0 Å². The van der Waals surface area contributed by atoms with E-state index in [-0.39, 0.29) is 5.91 Å². The van der Waals surface area contributed by atoms with Crippen molar-refractivity contribution in [2.75, 3.05) is 7.05 Å². The number of nitriles is 1. The Labute approximate surface area is 122 Å².